The molecule has 0 atom stereocenters. The highest BCUT2D eigenvalue weighted by atomic mass is 19.1. The highest BCUT2D eigenvalue weighted by Crippen LogP contribution is 2.15. The van der Waals surface area contributed by atoms with Crippen LogP contribution in [0.1, 0.15) is 12.0 Å². The molecule has 1 aromatic carbocycles. The van der Waals surface area contributed by atoms with E-state index in [9.17, 15) is 9.18 Å². The average Bonchev–Trinajstić information content (AvgIpc) is 2.69. The molecule has 0 aliphatic carbocycles. The van der Waals surface area contributed by atoms with Crippen LogP contribution in [-0.2, 0) is 4.79 Å². The van der Waals surface area contributed by atoms with Crippen molar-refractivity contribution in [2.45, 2.75) is 6.42 Å². The van der Waals surface area contributed by atoms with Crippen molar-refractivity contribution in [1.29, 1.82) is 5.26 Å². The van der Waals surface area contributed by atoms with E-state index >= 15 is 0 Å². The van der Waals surface area contributed by atoms with Crippen LogP contribution in [0.2, 0.25) is 0 Å². The highest BCUT2D eigenvalue weighted by Gasteiger charge is 2.14. The molecule has 1 aliphatic heterocycles. The number of anilines is 1. The minimum absolute atomic E-state index is 0.113. The Morgan fingerprint density at radius 3 is 3.05 bits per heavy atom. The number of carbonyl (C=O) groups is 1. The summed E-state index contributed by atoms with van der Waals surface area (Å²) in [4.78, 5) is 13.9. The molecule has 1 fully saturated rings. The van der Waals surface area contributed by atoms with Crippen molar-refractivity contribution in [3.63, 3.8) is 0 Å². The average molecular weight is 276 g/mol. The van der Waals surface area contributed by atoms with Crippen LogP contribution in [0.5, 0.6) is 0 Å². The van der Waals surface area contributed by atoms with Crippen LogP contribution in [0.15, 0.2) is 18.2 Å². The van der Waals surface area contributed by atoms with E-state index in [2.05, 4.69) is 10.6 Å². The largest absolute Gasteiger partial charge is 0.322 e. The van der Waals surface area contributed by atoms with Crippen molar-refractivity contribution < 1.29 is 9.18 Å². The molecule has 5 nitrogen and oxygen atoms in total. The Morgan fingerprint density at radius 2 is 2.30 bits per heavy atom. The third-order valence-corrected chi connectivity index (χ3v) is 3.17. The first-order valence-corrected chi connectivity index (χ1v) is 6.61. The molecule has 0 unspecified atom stereocenters. The first kappa shape index (κ1) is 14.4. The van der Waals surface area contributed by atoms with Crippen molar-refractivity contribution in [2.24, 2.45) is 0 Å². The molecular weight excluding hydrogens is 259 g/mol. The number of hydrogen-bond donors (Lipinski definition) is 2. The van der Waals surface area contributed by atoms with Gasteiger partial charge in [-0.25, -0.2) is 4.39 Å². The highest BCUT2D eigenvalue weighted by molar-refractivity contribution is 5.92. The van der Waals surface area contributed by atoms with E-state index in [1.807, 2.05) is 11.0 Å². The number of nitrogens with zero attached hydrogens (tertiary/aromatic N) is 2. The fraction of sp³-hybridized carbons (Fsp3) is 0.429. The summed E-state index contributed by atoms with van der Waals surface area (Å²) in [5.74, 6) is -0.828. The van der Waals surface area contributed by atoms with E-state index in [1.165, 1.54) is 12.1 Å². The SMILES string of the molecule is N#Cc1ccc(NC(=O)CN2CCCNCC2)c(F)c1. The summed E-state index contributed by atoms with van der Waals surface area (Å²) >= 11 is 0. The maximum absolute atomic E-state index is 13.7. The van der Waals surface area contributed by atoms with Crippen LogP contribution in [0, 0.1) is 17.1 Å². The normalized spacial score (nSPS) is 16.2. The summed E-state index contributed by atoms with van der Waals surface area (Å²) in [5, 5.41) is 14.5. The van der Waals surface area contributed by atoms with Crippen LogP contribution < -0.4 is 10.6 Å². The number of benzene rings is 1. The molecule has 0 saturated carbocycles. The number of carbonyl (C=O) groups excluding carboxylic acids is 1. The number of halogens is 1. The van der Waals surface area contributed by atoms with E-state index in [4.69, 9.17) is 5.26 Å². The molecule has 1 saturated heterocycles. The second kappa shape index (κ2) is 6.98. The minimum atomic E-state index is -0.588. The molecule has 6 heteroatoms. The molecule has 20 heavy (non-hydrogen) atoms. The number of nitriles is 1. The van der Waals surface area contributed by atoms with Gasteiger partial charge in [-0.2, -0.15) is 5.26 Å². The summed E-state index contributed by atoms with van der Waals surface area (Å²) in [6, 6.07) is 5.86. The van der Waals surface area contributed by atoms with E-state index < -0.39 is 5.82 Å². The lowest BCUT2D eigenvalue weighted by atomic mass is 10.2. The third-order valence-electron chi connectivity index (χ3n) is 3.17. The monoisotopic (exact) mass is 276 g/mol. The summed E-state index contributed by atoms with van der Waals surface area (Å²) in [6.45, 7) is 3.74. The van der Waals surface area contributed by atoms with Crippen LogP contribution in [0.4, 0.5) is 10.1 Å². The topological polar surface area (TPSA) is 68.2 Å². The van der Waals surface area contributed by atoms with Gasteiger partial charge in [0.1, 0.15) is 5.82 Å². The van der Waals surface area contributed by atoms with Gasteiger partial charge < -0.3 is 10.6 Å². The van der Waals surface area contributed by atoms with Crippen molar-refractivity contribution in [1.82, 2.24) is 10.2 Å². The Kier molecular flexibility index (Phi) is 5.04. The Morgan fingerprint density at radius 1 is 1.45 bits per heavy atom. The van der Waals surface area contributed by atoms with E-state index in [-0.39, 0.29) is 23.7 Å². The summed E-state index contributed by atoms with van der Waals surface area (Å²) in [5.41, 5.74) is 0.348. The fourth-order valence-electron chi connectivity index (χ4n) is 2.14. The zero-order valence-corrected chi connectivity index (χ0v) is 11.2. The quantitative estimate of drug-likeness (QED) is 0.862. The molecule has 1 amide bonds. The van der Waals surface area contributed by atoms with Crippen molar-refractivity contribution >= 4 is 11.6 Å². The predicted molar refractivity (Wildman–Crippen MR) is 73.7 cm³/mol. The molecule has 1 aromatic rings. The zero-order chi connectivity index (χ0) is 14.4. The second-order valence-corrected chi connectivity index (χ2v) is 4.73. The lowest BCUT2D eigenvalue weighted by Gasteiger charge is -2.18. The summed E-state index contributed by atoms with van der Waals surface area (Å²) < 4.78 is 13.7. The molecule has 2 N–H and O–H groups in total. The lowest BCUT2D eigenvalue weighted by Crippen LogP contribution is -2.35. The first-order valence-electron chi connectivity index (χ1n) is 6.61. The number of hydrogen-bond acceptors (Lipinski definition) is 4. The second-order valence-electron chi connectivity index (χ2n) is 4.73. The molecule has 0 aromatic heterocycles. The molecule has 1 aliphatic rings. The smallest absolute Gasteiger partial charge is 0.238 e. The molecule has 2 rings (SSSR count). The third kappa shape index (κ3) is 4.02. The Hall–Kier alpha value is -1.97. The van der Waals surface area contributed by atoms with Crippen LogP contribution in [0.3, 0.4) is 0 Å². The molecule has 106 valence electrons. The van der Waals surface area contributed by atoms with Gasteiger partial charge in [-0.3, -0.25) is 9.69 Å². The van der Waals surface area contributed by atoms with Gasteiger partial charge in [0.05, 0.1) is 23.9 Å². The van der Waals surface area contributed by atoms with Crippen LogP contribution in [0.25, 0.3) is 0 Å². The predicted octanol–water partition coefficient (Wildman–Crippen LogP) is 0.931. The zero-order valence-electron chi connectivity index (χ0n) is 11.2. The van der Waals surface area contributed by atoms with Gasteiger partial charge in [0.2, 0.25) is 5.91 Å². The van der Waals surface area contributed by atoms with E-state index in [0.29, 0.717) is 0 Å². The standard InChI is InChI=1S/C14H17FN4O/c15-12-8-11(9-16)2-3-13(12)18-14(20)10-19-6-1-4-17-5-7-19/h2-3,8,17H,1,4-7,10H2,(H,18,20). The van der Waals surface area contributed by atoms with Gasteiger partial charge in [0, 0.05) is 13.1 Å². The number of rotatable bonds is 3. The Bertz CT molecular complexity index is 518. The molecule has 0 spiro atoms. The first-order chi connectivity index (χ1) is 9.69. The van der Waals surface area contributed by atoms with Crippen molar-refractivity contribution in [3.05, 3.63) is 29.6 Å². The van der Waals surface area contributed by atoms with E-state index in [1.54, 1.807) is 0 Å². The van der Waals surface area contributed by atoms with E-state index in [0.717, 1.165) is 38.7 Å². The van der Waals surface area contributed by atoms with Gasteiger partial charge in [-0.1, -0.05) is 0 Å². The van der Waals surface area contributed by atoms with Gasteiger partial charge in [-0.15, -0.1) is 0 Å². The van der Waals surface area contributed by atoms with Crippen LogP contribution in [-0.4, -0.2) is 43.5 Å². The fourth-order valence-corrected chi connectivity index (χ4v) is 2.14. The molecular formula is C14H17FN4O. The summed E-state index contributed by atoms with van der Waals surface area (Å²) in [7, 11) is 0. The van der Waals surface area contributed by atoms with Crippen LogP contribution >= 0.6 is 0 Å². The van der Waals surface area contributed by atoms with Gasteiger partial charge in [0.25, 0.3) is 0 Å². The minimum Gasteiger partial charge on any atom is -0.322 e. The molecule has 1 heterocycles. The van der Waals surface area contributed by atoms with Gasteiger partial charge in [-0.05, 0) is 37.7 Å². The van der Waals surface area contributed by atoms with Crippen molar-refractivity contribution in [3.8, 4) is 6.07 Å². The maximum atomic E-state index is 13.7. The number of nitrogens with one attached hydrogen (secondary N) is 2. The molecule has 0 bridgehead atoms. The summed E-state index contributed by atoms with van der Waals surface area (Å²) in [6.07, 6.45) is 0.999. The van der Waals surface area contributed by atoms with Gasteiger partial charge >= 0.3 is 0 Å². The maximum Gasteiger partial charge on any atom is 0.238 e. The van der Waals surface area contributed by atoms with Gasteiger partial charge in [0.15, 0.2) is 0 Å². The van der Waals surface area contributed by atoms with Crippen molar-refractivity contribution in [2.75, 3.05) is 38.0 Å². The Labute approximate surface area is 117 Å². The molecule has 0 radical (unpaired) electrons. The lowest BCUT2D eigenvalue weighted by molar-refractivity contribution is -0.117. The Balaban J connectivity index is 1.92. The number of amides is 1.